The van der Waals surface area contributed by atoms with Gasteiger partial charge in [-0.1, -0.05) is 24.6 Å². The molecule has 2 aliphatic rings. The lowest BCUT2D eigenvalue weighted by Gasteiger charge is -2.28. The molecule has 1 heterocycles. The lowest BCUT2D eigenvalue weighted by Crippen LogP contribution is -2.38. The first-order valence-corrected chi connectivity index (χ1v) is 8.27. The van der Waals surface area contributed by atoms with Gasteiger partial charge in [-0.25, -0.2) is 0 Å². The van der Waals surface area contributed by atoms with Crippen LogP contribution in [-0.2, 0) is 17.8 Å². The maximum atomic E-state index is 11.4. The highest BCUT2D eigenvalue weighted by molar-refractivity contribution is 5.76. The molecule has 3 rings (SSSR count). The number of ether oxygens (including phenoxy) is 1. The zero-order chi connectivity index (χ0) is 15.7. The van der Waals surface area contributed by atoms with Gasteiger partial charge in [0.05, 0.1) is 0 Å². The normalized spacial score (nSPS) is 26.3. The van der Waals surface area contributed by atoms with Gasteiger partial charge in [0.1, 0.15) is 11.4 Å². The Hall–Kier alpha value is -1.55. The van der Waals surface area contributed by atoms with E-state index < -0.39 is 0 Å². The van der Waals surface area contributed by atoms with E-state index >= 15 is 0 Å². The molecule has 0 bridgehead atoms. The third-order valence-corrected chi connectivity index (χ3v) is 4.83. The van der Waals surface area contributed by atoms with Gasteiger partial charge < -0.3 is 15.8 Å². The Bertz CT molecular complexity index is 568. The fourth-order valence-electron chi connectivity index (χ4n) is 3.71. The second kappa shape index (κ2) is 5.92. The zero-order valence-corrected chi connectivity index (χ0v) is 13.5. The first kappa shape index (κ1) is 15.3. The van der Waals surface area contributed by atoms with Crippen molar-refractivity contribution in [2.75, 3.05) is 0 Å². The predicted octanol–water partition coefficient (Wildman–Crippen LogP) is 2.53. The molecule has 1 aliphatic heterocycles. The van der Waals surface area contributed by atoms with Crippen LogP contribution < -0.4 is 15.8 Å². The van der Waals surface area contributed by atoms with Gasteiger partial charge in [0.2, 0.25) is 5.91 Å². The molecule has 3 N–H and O–H groups in total. The molecule has 4 heteroatoms. The van der Waals surface area contributed by atoms with Crippen molar-refractivity contribution >= 4 is 5.91 Å². The molecule has 1 amide bonds. The molecule has 22 heavy (non-hydrogen) atoms. The van der Waals surface area contributed by atoms with E-state index in [-0.39, 0.29) is 17.4 Å². The molecule has 4 nitrogen and oxygen atoms in total. The molecular formula is C18H26N2O2. The summed E-state index contributed by atoms with van der Waals surface area (Å²) in [6.45, 7) is 5.04. The molecule has 1 aliphatic carbocycles. The van der Waals surface area contributed by atoms with Gasteiger partial charge in [-0.05, 0) is 38.7 Å². The summed E-state index contributed by atoms with van der Waals surface area (Å²) in [6, 6.07) is 6.75. The summed E-state index contributed by atoms with van der Waals surface area (Å²) < 4.78 is 6.11. The standard InChI is InChI=1S/C18H26N2O2/c1-18(2)10-13-6-3-7-14(16(13)22-18)11-20-15-8-4-5-12(9-15)17(19)21/h3,6-7,12,15,20H,4-5,8-11H2,1-2H3,(H2,19,21). The molecule has 1 aromatic rings. The van der Waals surface area contributed by atoms with Crippen LogP contribution in [0.3, 0.4) is 0 Å². The minimum atomic E-state index is -0.155. The smallest absolute Gasteiger partial charge is 0.220 e. The zero-order valence-electron chi connectivity index (χ0n) is 13.5. The van der Waals surface area contributed by atoms with Crippen molar-refractivity contribution in [3.8, 4) is 5.75 Å². The predicted molar refractivity (Wildman–Crippen MR) is 86.6 cm³/mol. The topological polar surface area (TPSA) is 64.3 Å². The first-order valence-electron chi connectivity index (χ1n) is 8.27. The van der Waals surface area contributed by atoms with Gasteiger partial charge in [-0.3, -0.25) is 4.79 Å². The number of fused-ring (bicyclic) bond motifs is 1. The van der Waals surface area contributed by atoms with E-state index in [0.717, 1.165) is 44.4 Å². The summed E-state index contributed by atoms with van der Waals surface area (Å²) in [6.07, 6.45) is 4.94. The SMILES string of the molecule is CC1(C)Cc2cccc(CNC3CCCC(C(N)=O)C3)c2O1. The maximum absolute atomic E-state index is 11.4. The number of benzene rings is 1. The number of nitrogens with two attached hydrogens (primary N) is 1. The van der Waals surface area contributed by atoms with Crippen molar-refractivity contribution < 1.29 is 9.53 Å². The van der Waals surface area contributed by atoms with Gasteiger partial charge in [-0.15, -0.1) is 0 Å². The molecule has 1 fully saturated rings. The molecule has 120 valence electrons. The van der Waals surface area contributed by atoms with E-state index in [2.05, 4.69) is 37.4 Å². The molecule has 1 aromatic carbocycles. The quantitative estimate of drug-likeness (QED) is 0.898. The fourth-order valence-corrected chi connectivity index (χ4v) is 3.71. The second-order valence-corrected chi connectivity index (χ2v) is 7.29. The number of rotatable bonds is 4. The number of carbonyl (C=O) groups excluding carboxylic acids is 1. The summed E-state index contributed by atoms with van der Waals surface area (Å²) in [4.78, 5) is 11.4. The minimum absolute atomic E-state index is 0.0305. The average Bonchev–Trinajstić information content (AvgIpc) is 2.79. The molecule has 0 aromatic heterocycles. The van der Waals surface area contributed by atoms with Crippen LogP contribution in [0.5, 0.6) is 5.75 Å². The lowest BCUT2D eigenvalue weighted by molar-refractivity contribution is -0.122. The summed E-state index contributed by atoms with van der Waals surface area (Å²) in [5.74, 6) is 0.919. The maximum Gasteiger partial charge on any atom is 0.220 e. The Balaban J connectivity index is 1.63. The van der Waals surface area contributed by atoms with Gasteiger partial charge in [0.15, 0.2) is 0 Å². The number of carbonyl (C=O) groups is 1. The van der Waals surface area contributed by atoms with Crippen LogP contribution in [-0.4, -0.2) is 17.6 Å². The monoisotopic (exact) mass is 302 g/mol. The number of nitrogens with one attached hydrogen (secondary N) is 1. The first-order chi connectivity index (χ1) is 10.4. The van der Waals surface area contributed by atoms with Crippen molar-refractivity contribution in [3.05, 3.63) is 29.3 Å². The molecule has 0 radical (unpaired) electrons. The fraction of sp³-hybridized carbons (Fsp3) is 0.611. The Labute approximate surface area is 132 Å². The average molecular weight is 302 g/mol. The van der Waals surface area contributed by atoms with Crippen LogP contribution in [0.15, 0.2) is 18.2 Å². The van der Waals surface area contributed by atoms with Crippen molar-refractivity contribution in [1.29, 1.82) is 0 Å². The van der Waals surface area contributed by atoms with E-state index in [9.17, 15) is 4.79 Å². The van der Waals surface area contributed by atoms with Crippen LogP contribution in [0, 0.1) is 5.92 Å². The van der Waals surface area contributed by atoms with E-state index in [1.54, 1.807) is 0 Å². The van der Waals surface area contributed by atoms with Gasteiger partial charge in [0.25, 0.3) is 0 Å². The molecule has 1 saturated carbocycles. The number of hydrogen-bond donors (Lipinski definition) is 2. The highest BCUT2D eigenvalue weighted by Gasteiger charge is 2.32. The van der Waals surface area contributed by atoms with Crippen molar-refractivity contribution in [2.45, 2.75) is 64.1 Å². The van der Waals surface area contributed by atoms with E-state index in [4.69, 9.17) is 10.5 Å². The molecule has 2 atom stereocenters. The number of hydrogen-bond acceptors (Lipinski definition) is 3. The van der Waals surface area contributed by atoms with E-state index in [0.29, 0.717) is 6.04 Å². The third kappa shape index (κ3) is 3.27. The Morgan fingerprint density at radius 3 is 3.00 bits per heavy atom. The van der Waals surface area contributed by atoms with Crippen LogP contribution >= 0.6 is 0 Å². The Morgan fingerprint density at radius 2 is 2.23 bits per heavy atom. The highest BCUT2D eigenvalue weighted by Crippen LogP contribution is 2.37. The molecular weight excluding hydrogens is 276 g/mol. The van der Waals surface area contributed by atoms with Crippen LogP contribution in [0.4, 0.5) is 0 Å². The second-order valence-electron chi connectivity index (χ2n) is 7.29. The largest absolute Gasteiger partial charge is 0.487 e. The summed E-state index contributed by atoms with van der Waals surface area (Å²) in [7, 11) is 0. The van der Waals surface area contributed by atoms with Crippen molar-refractivity contribution in [2.24, 2.45) is 11.7 Å². The lowest BCUT2D eigenvalue weighted by atomic mass is 9.85. The van der Waals surface area contributed by atoms with Gasteiger partial charge in [0, 0.05) is 30.5 Å². The van der Waals surface area contributed by atoms with Gasteiger partial charge >= 0.3 is 0 Å². The molecule has 0 spiro atoms. The molecule has 2 unspecified atom stereocenters. The van der Waals surface area contributed by atoms with Crippen molar-refractivity contribution in [3.63, 3.8) is 0 Å². The minimum Gasteiger partial charge on any atom is -0.487 e. The number of para-hydroxylation sites is 1. The third-order valence-electron chi connectivity index (χ3n) is 4.83. The Morgan fingerprint density at radius 1 is 1.41 bits per heavy atom. The van der Waals surface area contributed by atoms with Crippen LogP contribution in [0.2, 0.25) is 0 Å². The number of amides is 1. The number of primary amides is 1. The van der Waals surface area contributed by atoms with Gasteiger partial charge in [-0.2, -0.15) is 0 Å². The highest BCUT2D eigenvalue weighted by atomic mass is 16.5. The molecule has 0 saturated heterocycles. The van der Waals surface area contributed by atoms with E-state index in [1.807, 2.05) is 0 Å². The summed E-state index contributed by atoms with van der Waals surface area (Å²) >= 11 is 0. The van der Waals surface area contributed by atoms with Crippen LogP contribution in [0.25, 0.3) is 0 Å². The van der Waals surface area contributed by atoms with E-state index in [1.165, 1.54) is 11.1 Å². The van der Waals surface area contributed by atoms with Crippen molar-refractivity contribution in [1.82, 2.24) is 5.32 Å². The summed E-state index contributed by atoms with van der Waals surface area (Å²) in [5.41, 5.74) is 7.85. The summed E-state index contributed by atoms with van der Waals surface area (Å²) in [5, 5.41) is 3.59. The Kier molecular flexibility index (Phi) is 4.13. The van der Waals surface area contributed by atoms with Crippen LogP contribution in [0.1, 0.15) is 50.7 Å².